The highest BCUT2D eigenvalue weighted by atomic mass is 32.2. The largest absolute Gasteiger partial charge is 0.325 e. The number of alkyl halides is 2. The fourth-order valence-electron chi connectivity index (χ4n) is 2.34. The van der Waals surface area contributed by atoms with Crippen LogP contribution in [-0.4, -0.2) is 43.2 Å². The Hall–Kier alpha value is -1.19. The number of thioether (sulfide) groups is 1. The second kappa shape index (κ2) is 6.93. The Kier molecular flexibility index (Phi) is 5.41. The molecule has 1 saturated heterocycles. The number of benzene rings is 1. The molecule has 1 heterocycles. The second-order valence-corrected chi connectivity index (χ2v) is 7.92. The number of anilines is 1. The summed E-state index contributed by atoms with van der Waals surface area (Å²) in [4.78, 5) is 12.6. The summed E-state index contributed by atoms with van der Waals surface area (Å²) in [6, 6.07) is 5.28. The summed E-state index contributed by atoms with van der Waals surface area (Å²) in [5.74, 6) is -2.90. The van der Waals surface area contributed by atoms with Gasteiger partial charge in [-0.05, 0) is 37.1 Å². The van der Waals surface area contributed by atoms with E-state index in [1.54, 1.807) is 0 Å². The molecule has 1 aromatic carbocycles. The van der Waals surface area contributed by atoms with Crippen molar-refractivity contribution in [2.75, 3.05) is 18.1 Å². The maximum absolute atomic E-state index is 12.2. The van der Waals surface area contributed by atoms with Crippen molar-refractivity contribution in [2.45, 2.75) is 29.5 Å². The van der Waals surface area contributed by atoms with Gasteiger partial charge in [0.2, 0.25) is 15.9 Å². The normalized spacial score (nSPS) is 19.5. The molecule has 9 heteroatoms. The van der Waals surface area contributed by atoms with Crippen molar-refractivity contribution < 1.29 is 22.0 Å². The lowest BCUT2D eigenvalue weighted by Gasteiger charge is -2.21. The van der Waals surface area contributed by atoms with Gasteiger partial charge in [0.1, 0.15) is 6.04 Å². The molecule has 0 bridgehead atoms. The number of carbonyl (C=O) groups excluding carboxylic acids is 1. The average molecular weight is 350 g/mol. The van der Waals surface area contributed by atoms with Gasteiger partial charge in [0, 0.05) is 17.1 Å². The fraction of sp³-hybridized carbons (Fsp3) is 0.462. The molecule has 0 saturated carbocycles. The fourth-order valence-corrected chi connectivity index (χ4v) is 3.97. The standard InChI is InChI=1S/C13H16F2N2O3S2/c1-22(19,20)17-8-2-3-11(17)12(18)16-9-4-6-10(7-5-9)21-13(14)15/h4-7,11,13H,2-3,8H2,1H3,(H,16,18)/t11-/m0/s1. The van der Waals surface area contributed by atoms with Crippen LogP contribution in [0.5, 0.6) is 0 Å². The number of nitrogens with one attached hydrogen (secondary N) is 1. The van der Waals surface area contributed by atoms with Crippen molar-refractivity contribution in [1.29, 1.82) is 0 Å². The first kappa shape index (κ1) is 17.2. The molecule has 122 valence electrons. The molecular weight excluding hydrogens is 334 g/mol. The first-order valence-corrected chi connectivity index (χ1v) is 9.33. The number of hydrogen-bond donors (Lipinski definition) is 1. The Bertz CT molecular complexity index is 635. The molecule has 0 unspecified atom stereocenters. The van der Waals surface area contributed by atoms with E-state index < -0.39 is 27.7 Å². The molecule has 1 aromatic rings. The Balaban J connectivity index is 2.02. The quantitative estimate of drug-likeness (QED) is 0.828. The summed E-state index contributed by atoms with van der Waals surface area (Å²) in [7, 11) is -3.42. The van der Waals surface area contributed by atoms with Crippen LogP contribution in [0.4, 0.5) is 14.5 Å². The third-order valence-electron chi connectivity index (χ3n) is 3.28. The van der Waals surface area contributed by atoms with Crippen LogP contribution in [0.3, 0.4) is 0 Å². The zero-order valence-electron chi connectivity index (χ0n) is 11.8. The first-order chi connectivity index (χ1) is 10.3. The predicted octanol–water partition coefficient (Wildman–Crippen LogP) is 2.36. The Morgan fingerprint density at radius 2 is 2.00 bits per heavy atom. The van der Waals surface area contributed by atoms with Crippen LogP contribution in [0.1, 0.15) is 12.8 Å². The third kappa shape index (κ3) is 4.40. The van der Waals surface area contributed by atoms with Crippen molar-refractivity contribution in [3.05, 3.63) is 24.3 Å². The number of halogens is 2. The molecule has 1 aliphatic heterocycles. The number of amides is 1. The van der Waals surface area contributed by atoms with E-state index in [0.29, 0.717) is 41.7 Å². The van der Waals surface area contributed by atoms with Crippen LogP contribution in [0.25, 0.3) is 0 Å². The van der Waals surface area contributed by atoms with Crippen molar-refractivity contribution in [3.63, 3.8) is 0 Å². The lowest BCUT2D eigenvalue weighted by atomic mass is 10.2. The summed E-state index contributed by atoms with van der Waals surface area (Å²) >= 11 is 0.422. The van der Waals surface area contributed by atoms with Crippen molar-refractivity contribution in [2.24, 2.45) is 0 Å². The minimum Gasteiger partial charge on any atom is -0.325 e. The minimum absolute atomic E-state index is 0.334. The summed E-state index contributed by atoms with van der Waals surface area (Å²) in [5, 5.41) is 2.62. The monoisotopic (exact) mass is 350 g/mol. The maximum Gasteiger partial charge on any atom is 0.288 e. The molecule has 1 aliphatic rings. The van der Waals surface area contributed by atoms with Gasteiger partial charge < -0.3 is 5.32 Å². The van der Waals surface area contributed by atoms with Crippen LogP contribution >= 0.6 is 11.8 Å². The van der Waals surface area contributed by atoms with Crippen LogP contribution in [0.15, 0.2) is 29.2 Å². The van der Waals surface area contributed by atoms with Crippen molar-refractivity contribution >= 4 is 33.4 Å². The minimum atomic E-state index is -3.42. The summed E-state index contributed by atoms with van der Waals surface area (Å²) in [5.41, 5.74) is 0.448. The van der Waals surface area contributed by atoms with Crippen molar-refractivity contribution in [1.82, 2.24) is 4.31 Å². The number of sulfonamides is 1. The predicted molar refractivity (Wildman–Crippen MR) is 81.5 cm³/mol. The van der Waals surface area contributed by atoms with E-state index in [1.807, 2.05) is 0 Å². The summed E-state index contributed by atoms with van der Waals surface area (Å²) in [6.45, 7) is 0.334. The molecule has 1 N–H and O–H groups in total. The van der Waals surface area contributed by atoms with Gasteiger partial charge in [0.25, 0.3) is 5.76 Å². The van der Waals surface area contributed by atoms with Gasteiger partial charge in [0.15, 0.2) is 0 Å². The van der Waals surface area contributed by atoms with Gasteiger partial charge in [-0.2, -0.15) is 13.1 Å². The smallest absolute Gasteiger partial charge is 0.288 e. The van der Waals surface area contributed by atoms with Gasteiger partial charge in [-0.15, -0.1) is 0 Å². The van der Waals surface area contributed by atoms with E-state index in [4.69, 9.17) is 0 Å². The maximum atomic E-state index is 12.2. The van der Waals surface area contributed by atoms with Gasteiger partial charge in [-0.1, -0.05) is 11.8 Å². The molecule has 1 fully saturated rings. The Labute approximate surface area is 132 Å². The molecule has 0 aliphatic carbocycles. The van der Waals surface area contributed by atoms with Crippen LogP contribution < -0.4 is 5.32 Å². The van der Waals surface area contributed by atoms with Crippen molar-refractivity contribution in [3.8, 4) is 0 Å². The molecule has 0 spiro atoms. The summed E-state index contributed by atoms with van der Waals surface area (Å²) in [6.07, 6.45) is 2.18. The number of carbonyl (C=O) groups is 1. The van der Waals surface area contributed by atoms with Gasteiger partial charge in [-0.25, -0.2) is 8.42 Å². The van der Waals surface area contributed by atoms with Gasteiger partial charge >= 0.3 is 0 Å². The van der Waals surface area contributed by atoms with Gasteiger partial charge in [-0.3, -0.25) is 4.79 Å². The SMILES string of the molecule is CS(=O)(=O)N1CCC[C@H]1C(=O)Nc1ccc(SC(F)F)cc1. The molecule has 2 rings (SSSR count). The number of hydrogen-bond acceptors (Lipinski definition) is 4. The number of rotatable bonds is 5. The van der Waals surface area contributed by atoms with Crippen LogP contribution in [-0.2, 0) is 14.8 Å². The Morgan fingerprint density at radius 1 is 1.36 bits per heavy atom. The van der Waals surface area contributed by atoms with Crippen LogP contribution in [0, 0.1) is 0 Å². The Morgan fingerprint density at radius 3 is 2.55 bits per heavy atom. The molecule has 0 aromatic heterocycles. The van der Waals surface area contributed by atoms with E-state index in [2.05, 4.69) is 5.32 Å². The zero-order chi connectivity index (χ0) is 16.3. The highest BCUT2D eigenvalue weighted by Gasteiger charge is 2.36. The third-order valence-corrected chi connectivity index (χ3v) is 5.29. The van der Waals surface area contributed by atoms with E-state index >= 15 is 0 Å². The topological polar surface area (TPSA) is 66.5 Å². The molecular formula is C13H16F2N2O3S2. The van der Waals surface area contributed by atoms with E-state index in [-0.39, 0.29) is 0 Å². The van der Waals surface area contributed by atoms with E-state index in [1.165, 1.54) is 28.6 Å². The highest BCUT2D eigenvalue weighted by Crippen LogP contribution is 2.27. The molecule has 1 amide bonds. The number of nitrogens with zero attached hydrogens (tertiary/aromatic N) is 1. The van der Waals surface area contributed by atoms with E-state index in [0.717, 1.165) is 6.26 Å². The van der Waals surface area contributed by atoms with Crippen LogP contribution in [0.2, 0.25) is 0 Å². The zero-order valence-corrected chi connectivity index (χ0v) is 13.5. The lowest BCUT2D eigenvalue weighted by Crippen LogP contribution is -2.42. The average Bonchev–Trinajstić information content (AvgIpc) is 2.89. The molecule has 1 atom stereocenters. The lowest BCUT2D eigenvalue weighted by molar-refractivity contribution is -0.119. The van der Waals surface area contributed by atoms with Gasteiger partial charge in [0.05, 0.1) is 6.26 Å². The first-order valence-electron chi connectivity index (χ1n) is 6.60. The molecule has 22 heavy (non-hydrogen) atoms. The second-order valence-electron chi connectivity index (χ2n) is 4.92. The summed E-state index contributed by atoms with van der Waals surface area (Å²) < 4.78 is 48.9. The molecule has 5 nitrogen and oxygen atoms in total. The van der Waals surface area contributed by atoms with E-state index in [9.17, 15) is 22.0 Å². The highest BCUT2D eigenvalue weighted by molar-refractivity contribution is 7.99. The molecule has 0 radical (unpaired) electrons.